The van der Waals surface area contributed by atoms with Crippen LogP contribution in [-0.2, 0) is 6.42 Å². The number of nitrogens with zero attached hydrogens (tertiary/aromatic N) is 2. The van der Waals surface area contributed by atoms with Crippen LogP contribution in [0.15, 0.2) is 35.1 Å². The Kier molecular flexibility index (Phi) is 3.92. The zero-order chi connectivity index (χ0) is 16.4. The molecule has 1 amide bonds. The van der Waals surface area contributed by atoms with E-state index in [1.165, 1.54) is 0 Å². The van der Waals surface area contributed by atoms with Crippen molar-refractivity contribution in [1.29, 1.82) is 0 Å². The first-order valence-corrected chi connectivity index (χ1v) is 7.34. The molecule has 118 valence electrons. The van der Waals surface area contributed by atoms with Gasteiger partial charge in [0.1, 0.15) is 0 Å². The summed E-state index contributed by atoms with van der Waals surface area (Å²) in [5.74, 6) is -0.397. The summed E-state index contributed by atoms with van der Waals surface area (Å²) in [5.41, 5.74) is 2.02. The van der Waals surface area contributed by atoms with Crippen LogP contribution >= 0.6 is 0 Å². The summed E-state index contributed by atoms with van der Waals surface area (Å²) in [6.07, 6.45) is 0.591. The van der Waals surface area contributed by atoms with Crippen LogP contribution < -0.4 is 10.9 Å². The first-order chi connectivity index (χ1) is 11.0. The number of hydrogen-bond donors (Lipinski definition) is 3. The van der Waals surface area contributed by atoms with Crippen LogP contribution in [0.2, 0.25) is 0 Å². The molecule has 2 heterocycles. The lowest BCUT2D eigenvalue weighted by Crippen LogP contribution is -2.36. The number of aromatic amines is 2. The van der Waals surface area contributed by atoms with Gasteiger partial charge in [0.15, 0.2) is 5.82 Å². The Labute approximate surface area is 132 Å². The van der Waals surface area contributed by atoms with Gasteiger partial charge in [-0.25, -0.2) is 4.98 Å². The van der Waals surface area contributed by atoms with Gasteiger partial charge in [-0.05, 0) is 32.0 Å². The number of benzene rings is 1. The molecule has 0 saturated heterocycles. The van der Waals surface area contributed by atoms with Crippen molar-refractivity contribution in [2.75, 3.05) is 0 Å². The highest BCUT2D eigenvalue weighted by molar-refractivity contribution is 5.92. The lowest BCUT2D eigenvalue weighted by Gasteiger charge is -2.12. The average Bonchev–Trinajstić information content (AvgIpc) is 2.92. The van der Waals surface area contributed by atoms with Crippen molar-refractivity contribution in [3.8, 4) is 0 Å². The second-order valence-electron chi connectivity index (χ2n) is 5.55. The zero-order valence-electron chi connectivity index (χ0n) is 12.9. The lowest BCUT2D eigenvalue weighted by molar-refractivity contribution is 0.0929. The molecular weight excluding hydrogens is 294 g/mol. The third-order valence-electron chi connectivity index (χ3n) is 3.48. The van der Waals surface area contributed by atoms with E-state index in [-0.39, 0.29) is 17.4 Å². The van der Waals surface area contributed by atoms with Gasteiger partial charge in [0.05, 0.1) is 16.6 Å². The van der Waals surface area contributed by atoms with Crippen molar-refractivity contribution in [3.63, 3.8) is 0 Å². The highest BCUT2D eigenvalue weighted by Gasteiger charge is 2.15. The summed E-state index contributed by atoms with van der Waals surface area (Å²) in [5, 5.41) is 10.3. The van der Waals surface area contributed by atoms with E-state index in [2.05, 4.69) is 25.5 Å². The SMILES string of the molecule is Cc1cc(C[C@H](C)NC(=O)c2nc3ccccc3c(=O)[nH]2)n[nH]1. The molecule has 0 aliphatic rings. The third kappa shape index (κ3) is 3.28. The van der Waals surface area contributed by atoms with Gasteiger partial charge in [-0.1, -0.05) is 12.1 Å². The Bertz CT molecular complexity index is 912. The van der Waals surface area contributed by atoms with Gasteiger partial charge in [0.25, 0.3) is 11.5 Å². The van der Waals surface area contributed by atoms with Crippen molar-refractivity contribution in [3.05, 3.63) is 57.9 Å². The van der Waals surface area contributed by atoms with Crippen molar-refractivity contribution in [2.45, 2.75) is 26.3 Å². The monoisotopic (exact) mass is 311 g/mol. The fourth-order valence-corrected chi connectivity index (χ4v) is 2.43. The smallest absolute Gasteiger partial charge is 0.287 e. The van der Waals surface area contributed by atoms with E-state index in [0.29, 0.717) is 17.3 Å². The topological polar surface area (TPSA) is 104 Å². The summed E-state index contributed by atoms with van der Waals surface area (Å²) in [6.45, 7) is 3.80. The second kappa shape index (κ2) is 6.04. The van der Waals surface area contributed by atoms with Crippen LogP contribution in [-0.4, -0.2) is 32.1 Å². The number of fused-ring (bicyclic) bond motifs is 1. The van der Waals surface area contributed by atoms with Crippen LogP contribution in [0.25, 0.3) is 10.9 Å². The normalized spacial score (nSPS) is 12.3. The Balaban J connectivity index is 1.76. The maximum Gasteiger partial charge on any atom is 0.287 e. The van der Waals surface area contributed by atoms with Crippen molar-refractivity contribution in [1.82, 2.24) is 25.5 Å². The number of nitrogens with one attached hydrogen (secondary N) is 3. The lowest BCUT2D eigenvalue weighted by atomic mass is 10.2. The van der Waals surface area contributed by atoms with E-state index < -0.39 is 5.91 Å². The first-order valence-electron chi connectivity index (χ1n) is 7.34. The molecule has 2 aromatic heterocycles. The number of para-hydroxylation sites is 1. The molecule has 3 aromatic rings. The number of carbonyl (C=O) groups excluding carboxylic acids is 1. The Hall–Kier alpha value is -2.96. The minimum absolute atomic E-state index is 0.0127. The van der Waals surface area contributed by atoms with E-state index in [4.69, 9.17) is 0 Å². The van der Waals surface area contributed by atoms with Gasteiger partial charge in [-0.2, -0.15) is 5.10 Å². The molecule has 7 heteroatoms. The summed E-state index contributed by atoms with van der Waals surface area (Å²) in [6, 6.07) is 8.70. The molecule has 7 nitrogen and oxygen atoms in total. The van der Waals surface area contributed by atoms with Crippen molar-refractivity contribution in [2.24, 2.45) is 0 Å². The number of aromatic nitrogens is 4. The van der Waals surface area contributed by atoms with E-state index in [1.54, 1.807) is 24.3 Å². The Morgan fingerprint density at radius 2 is 2.13 bits per heavy atom. The molecule has 0 bridgehead atoms. The second-order valence-corrected chi connectivity index (χ2v) is 5.55. The fraction of sp³-hybridized carbons (Fsp3) is 0.250. The molecule has 1 aromatic carbocycles. The van der Waals surface area contributed by atoms with Crippen LogP contribution in [0, 0.1) is 6.92 Å². The quantitative estimate of drug-likeness (QED) is 0.676. The number of carbonyl (C=O) groups is 1. The molecule has 0 spiro atoms. The highest BCUT2D eigenvalue weighted by atomic mass is 16.2. The summed E-state index contributed by atoms with van der Waals surface area (Å²) in [7, 11) is 0. The van der Waals surface area contributed by atoms with Gasteiger partial charge in [-0.3, -0.25) is 14.7 Å². The van der Waals surface area contributed by atoms with E-state index in [1.807, 2.05) is 19.9 Å². The predicted octanol–water partition coefficient (Wildman–Crippen LogP) is 1.32. The number of rotatable bonds is 4. The molecule has 0 saturated carbocycles. The number of H-pyrrole nitrogens is 2. The van der Waals surface area contributed by atoms with Crippen LogP contribution in [0.1, 0.15) is 28.9 Å². The van der Waals surface area contributed by atoms with Crippen LogP contribution in [0.5, 0.6) is 0 Å². The molecule has 3 N–H and O–H groups in total. The van der Waals surface area contributed by atoms with E-state index in [0.717, 1.165) is 11.4 Å². The van der Waals surface area contributed by atoms with Gasteiger partial charge in [-0.15, -0.1) is 0 Å². The van der Waals surface area contributed by atoms with Crippen LogP contribution in [0.3, 0.4) is 0 Å². The molecular formula is C16H17N5O2. The molecule has 23 heavy (non-hydrogen) atoms. The highest BCUT2D eigenvalue weighted by Crippen LogP contribution is 2.06. The number of hydrogen-bond acceptors (Lipinski definition) is 4. The molecule has 0 unspecified atom stereocenters. The maximum absolute atomic E-state index is 12.3. The Morgan fingerprint density at radius 1 is 1.35 bits per heavy atom. The molecule has 3 rings (SSSR count). The van der Waals surface area contributed by atoms with Gasteiger partial charge >= 0.3 is 0 Å². The summed E-state index contributed by atoms with van der Waals surface area (Å²) < 4.78 is 0. The molecule has 0 aliphatic carbocycles. The number of aryl methyl sites for hydroxylation is 1. The average molecular weight is 311 g/mol. The maximum atomic E-state index is 12.3. The standard InChI is InChI=1S/C16H17N5O2/c1-9(7-11-8-10(2)20-21-11)17-16(23)14-18-13-6-4-3-5-12(13)15(22)19-14/h3-6,8-9H,7H2,1-2H3,(H,17,23)(H,20,21)(H,18,19,22)/t9-/m0/s1. The van der Waals surface area contributed by atoms with Gasteiger partial charge in [0.2, 0.25) is 0 Å². The predicted molar refractivity (Wildman–Crippen MR) is 86.3 cm³/mol. The van der Waals surface area contributed by atoms with E-state index in [9.17, 15) is 9.59 Å². The molecule has 0 aliphatic heterocycles. The van der Waals surface area contributed by atoms with E-state index >= 15 is 0 Å². The molecule has 0 radical (unpaired) electrons. The minimum Gasteiger partial charge on any atom is -0.347 e. The zero-order valence-corrected chi connectivity index (χ0v) is 12.9. The van der Waals surface area contributed by atoms with Crippen molar-refractivity contribution >= 4 is 16.8 Å². The summed E-state index contributed by atoms with van der Waals surface area (Å²) >= 11 is 0. The van der Waals surface area contributed by atoms with Gasteiger partial charge < -0.3 is 10.3 Å². The molecule has 1 atom stereocenters. The van der Waals surface area contributed by atoms with Gasteiger partial charge in [0, 0.05) is 18.2 Å². The summed E-state index contributed by atoms with van der Waals surface area (Å²) in [4.78, 5) is 31.0. The Morgan fingerprint density at radius 3 is 2.87 bits per heavy atom. The van der Waals surface area contributed by atoms with Crippen LogP contribution in [0.4, 0.5) is 0 Å². The number of amides is 1. The largest absolute Gasteiger partial charge is 0.347 e. The minimum atomic E-state index is -0.410. The first kappa shape index (κ1) is 15.0. The fourth-order valence-electron chi connectivity index (χ4n) is 2.43. The third-order valence-corrected chi connectivity index (χ3v) is 3.48. The molecule has 0 fully saturated rings. The van der Waals surface area contributed by atoms with Crippen molar-refractivity contribution < 1.29 is 4.79 Å².